The van der Waals surface area contributed by atoms with Crippen molar-refractivity contribution in [3.05, 3.63) is 41.3 Å². The van der Waals surface area contributed by atoms with Gasteiger partial charge in [0.05, 0.1) is 28.5 Å². The van der Waals surface area contributed by atoms with E-state index >= 15 is 0 Å². The van der Waals surface area contributed by atoms with Crippen LogP contribution in [0.3, 0.4) is 0 Å². The van der Waals surface area contributed by atoms with Gasteiger partial charge in [0, 0.05) is 11.6 Å². The summed E-state index contributed by atoms with van der Waals surface area (Å²) in [7, 11) is 0. The average Bonchev–Trinajstić information content (AvgIpc) is 3.35. The molecule has 0 unspecified atom stereocenters. The van der Waals surface area contributed by atoms with Gasteiger partial charge >= 0.3 is 0 Å². The Bertz CT molecular complexity index is 942. The highest BCUT2D eigenvalue weighted by Gasteiger charge is 2.29. The van der Waals surface area contributed by atoms with Gasteiger partial charge in [-0.1, -0.05) is 19.0 Å². The molecule has 0 radical (unpaired) electrons. The number of carbonyl (C=O) groups excluding carboxylic acids is 1. The molecule has 1 aliphatic rings. The number of nitrogens with two attached hydrogens (primary N) is 1. The Balaban J connectivity index is 1.78. The van der Waals surface area contributed by atoms with Crippen LogP contribution in [0.1, 0.15) is 60.3 Å². The quantitative estimate of drug-likeness (QED) is 0.755. The Morgan fingerprint density at radius 3 is 2.80 bits per heavy atom. The molecule has 3 aromatic rings. The molecule has 4 rings (SSSR count). The zero-order valence-corrected chi connectivity index (χ0v) is 14.1. The van der Waals surface area contributed by atoms with Crippen LogP contribution in [0, 0.1) is 0 Å². The van der Waals surface area contributed by atoms with Crippen molar-refractivity contribution in [2.45, 2.75) is 38.5 Å². The van der Waals surface area contributed by atoms with Crippen molar-refractivity contribution in [2.75, 3.05) is 11.1 Å². The van der Waals surface area contributed by atoms with Crippen LogP contribution in [-0.4, -0.2) is 21.0 Å². The van der Waals surface area contributed by atoms with Crippen molar-refractivity contribution < 1.29 is 9.32 Å². The molecule has 1 amide bonds. The number of amides is 1. The molecular formula is C18H19N5O2. The highest BCUT2D eigenvalue weighted by molar-refractivity contribution is 6.12. The van der Waals surface area contributed by atoms with Crippen molar-refractivity contribution in [1.29, 1.82) is 0 Å². The number of rotatable bonds is 4. The summed E-state index contributed by atoms with van der Waals surface area (Å²) < 4.78 is 5.42. The Morgan fingerprint density at radius 2 is 2.16 bits per heavy atom. The maximum absolute atomic E-state index is 12.9. The van der Waals surface area contributed by atoms with Crippen LogP contribution in [-0.2, 0) is 0 Å². The van der Waals surface area contributed by atoms with Crippen molar-refractivity contribution >= 4 is 28.5 Å². The summed E-state index contributed by atoms with van der Waals surface area (Å²) in [6, 6.07) is 5.23. The standard InChI is InChI=1S/C18H19N5O2/c1-9(2)16-15-12(17(24)21-11-5-6-14(19)20-8-11)7-13(10-3-4-10)22-18(15)25-23-16/h5-10H,3-4H2,1-2H3,(H2,19,20)(H,21,24). The van der Waals surface area contributed by atoms with Crippen molar-refractivity contribution in [1.82, 2.24) is 15.1 Å². The number of hydrogen-bond acceptors (Lipinski definition) is 6. The van der Waals surface area contributed by atoms with Crippen LogP contribution in [0.2, 0.25) is 0 Å². The van der Waals surface area contributed by atoms with Gasteiger partial charge in [-0.3, -0.25) is 4.79 Å². The largest absolute Gasteiger partial charge is 0.384 e. The molecule has 0 aliphatic heterocycles. The molecule has 0 spiro atoms. The van der Waals surface area contributed by atoms with Gasteiger partial charge in [-0.05, 0) is 37.0 Å². The molecule has 1 aliphatic carbocycles. The third-order valence-corrected chi connectivity index (χ3v) is 4.32. The van der Waals surface area contributed by atoms with E-state index in [0.717, 1.165) is 24.2 Å². The number of nitrogens with zero attached hydrogens (tertiary/aromatic N) is 3. The van der Waals surface area contributed by atoms with E-state index in [4.69, 9.17) is 10.3 Å². The highest BCUT2D eigenvalue weighted by atomic mass is 16.5. The zero-order valence-electron chi connectivity index (χ0n) is 14.1. The molecule has 7 nitrogen and oxygen atoms in total. The first-order valence-electron chi connectivity index (χ1n) is 8.36. The third kappa shape index (κ3) is 2.93. The number of pyridine rings is 2. The van der Waals surface area contributed by atoms with Crippen molar-refractivity contribution in [3.63, 3.8) is 0 Å². The molecule has 0 aromatic carbocycles. The molecular weight excluding hydrogens is 318 g/mol. The lowest BCUT2D eigenvalue weighted by molar-refractivity contribution is 0.102. The normalized spacial score (nSPS) is 14.2. The van der Waals surface area contributed by atoms with Crippen LogP contribution in [0.5, 0.6) is 0 Å². The predicted octanol–water partition coefficient (Wildman–Crippen LogP) is 3.45. The van der Waals surface area contributed by atoms with E-state index in [1.54, 1.807) is 12.1 Å². The number of hydrogen-bond donors (Lipinski definition) is 2. The van der Waals surface area contributed by atoms with E-state index in [9.17, 15) is 4.79 Å². The minimum atomic E-state index is -0.231. The number of aromatic nitrogens is 3. The van der Waals surface area contributed by atoms with Gasteiger partial charge in [0.2, 0.25) is 0 Å². The molecule has 3 heterocycles. The fourth-order valence-corrected chi connectivity index (χ4v) is 2.83. The molecule has 1 fully saturated rings. The van der Waals surface area contributed by atoms with E-state index in [1.807, 2.05) is 19.9 Å². The topological polar surface area (TPSA) is 107 Å². The van der Waals surface area contributed by atoms with Gasteiger partial charge in [-0.2, -0.15) is 0 Å². The summed E-state index contributed by atoms with van der Waals surface area (Å²) in [5.41, 5.74) is 8.76. The monoisotopic (exact) mass is 337 g/mol. The fraction of sp³-hybridized carbons (Fsp3) is 0.333. The number of fused-ring (bicyclic) bond motifs is 1. The second-order valence-corrected chi connectivity index (χ2v) is 6.70. The number of carbonyl (C=O) groups is 1. The summed E-state index contributed by atoms with van der Waals surface area (Å²) >= 11 is 0. The Hall–Kier alpha value is -2.96. The Labute approximate surface area is 144 Å². The average molecular weight is 337 g/mol. The highest BCUT2D eigenvalue weighted by Crippen LogP contribution is 2.41. The predicted molar refractivity (Wildman–Crippen MR) is 94.5 cm³/mol. The van der Waals surface area contributed by atoms with Crippen molar-refractivity contribution in [2.24, 2.45) is 0 Å². The van der Waals surface area contributed by atoms with Crippen LogP contribution >= 0.6 is 0 Å². The maximum Gasteiger partial charge on any atom is 0.259 e. The third-order valence-electron chi connectivity index (χ3n) is 4.32. The van der Waals surface area contributed by atoms with Crippen LogP contribution in [0.25, 0.3) is 11.1 Å². The number of nitrogen functional groups attached to an aromatic ring is 1. The van der Waals surface area contributed by atoms with E-state index in [1.165, 1.54) is 6.20 Å². The molecule has 0 saturated heterocycles. The summed E-state index contributed by atoms with van der Waals surface area (Å²) in [6.07, 6.45) is 3.71. The maximum atomic E-state index is 12.9. The molecule has 128 valence electrons. The van der Waals surface area contributed by atoms with E-state index < -0.39 is 0 Å². The second-order valence-electron chi connectivity index (χ2n) is 6.70. The van der Waals surface area contributed by atoms with E-state index in [-0.39, 0.29) is 11.8 Å². The fourth-order valence-electron chi connectivity index (χ4n) is 2.83. The molecule has 7 heteroatoms. The molecule has 0 atom stereocenters. The SMILES string of the molecule is CC(C)c1noc2nc(C3CC3)cc(C(=O)Nc3ccc(N)nc3)c12. The van der Waals surface area contributed by atoms with Gasteiger partial charge in [-0.25, -0.2) is 9.97 Å². The summed E-state index contributed by atoms with van der Waals surface area (Å²) in [4.78, 5) is 21.5. The van der Waals surface area contributed by atoms with Gasteiger partial charge in [0.1, 0.15) is 5.82 Å². The molecule has 3 N–H and O–H groups in total. The lowest BCUT2D eigenvalue weighted by Crippen LogP contribution is -2.14. The molecule has 1 saturated carbocycles. The van der Waals surface area contributed by atoms with Crippen molar-refractivity contribution in [3.8, 4) is 0 Å². The Kier molecular flexibility index (Phi) is 3.63. The zero-order chi connectivity index (χ0) is 17.6. The van der Waals surface area contributed by atoms with E-state index in [2.05, 4.69) is 20.4 Å². The van der Waals surface area contributed by atoms with Gasteiger partial charge < -0.3 is 15.6 Å². The first kappa shape index (κ1) is 15.6. The van der Waals surface area contributed by atoms with Crippen LogP contribution in [0.4, 0.5) is 11.5 Å². The summed E-state index contributed by atoms with van der Waals surface area (Å²) in [6.45, 7) is 4.02. The molecule has 0 bridgehead atoms. The minimum Gasteiger partial charge on any atom is -0.384 e. The first-order chi connectivity index (χ1) is 12.0. The lowest BCUT2D eigenvalue weighted by atomic mass is 10.0. The lowest BCUT2D eigenvalue weighted by Gasteiger charge is -2.09. The second kappa shape index (κ2) is 5.84. The van der Waals surface area contributed by atoms with Crippen LogP contribution < -0.4 is 11.1 Å². The molecule has 3 aromatic heterocycles. The van der Waals surface area contributed by atoms with Gasteiger partial charge in [0.25, 0.3) is 11.6 Å². The van der Waals surface area contributed by atoms with E-state index in [0.29, 0.717) is 34.1 Å². The molecule has 25 heavy (non-hydrogen) atoms. The van der Waals surface area contributed by atoms with Gasteiger partial charge in [-0.15, -0.1) is 0 Å². The number of nitrogens with one attached hydrogen (secondary N) is 1. The smallest absolute Gasteiger partial charge is 0.259 e. The Morgan fingerprint density at radius 1 is 1.36 bits per heavy atom. The summed E-state index contributed by atoms with van der Waals surface area (Å²) in [5.74, 6) is 0.703. The summed E-state index contributed by atoms with van der Waals surface area (Å²) in [5, 5.41) is 7.68. The minimum absolute atomic E-state index is 0.125. The van der Waals surface area contributed by atoms with Crippen LogP contribution in [0.15, 0.2) is 28.9 Å². The van der Waals surface area contributed by atoms with Gasteiger partial charge in [0.15, 0.2) is 0 Å². The first-order valence-corrected chi connectivity index (χ1v) is 8.36. The number of anilines is 2.